The molecule has 3 nitrogen and oxygen atoms in total. The third-order valence-corrected chi connectivity index (χ3v) is 2.29. The lowest BCUT2D eigenvalue weighted by Gasteiger charge is -1.96. The van der Waals surface area contributed by atoms with E-state index in [1.165, 1.54) is 5.56 Å². The summed E-state index contributed by atoms with van der Waals surface area (Å²) in [6.07, 6.45) is 5.05. The van der Waals surface area contributed by atoms with E-state index in [1.54, 1.807) is 0 Å². The van der Waals surface area contributed by atoms with E-state index >= 15 is 0 Å². The summed E-state index contributed by atoms with van der Waals surface area (Å²) in [7, 11) is 0. The standard InChI is InChI=1S/C12H16N3/c1-2-8-15-11-14(10-13-15)9-12-6-4-3-5-7-12/h3-7,10-11H,2,8-9H2,1H3/q+1. The fourth-order valence-electron chi connectivity index (χ4n) is 1.58. The van der Waals surface area contributed by atoms with Gasteiger partial charge in [-0.3, -0.25) is 0 Å². The molecule has 0 saturated carbocycles. The predicted octanol–water partition coefficient (Wildman–Crippen LogP) is 1.63. The van der Waals surface area contributed by atoms with E-state index in [-0.39, 0.29) is 0 Å². The van der Waals surface area contributed by atoms with Crippen molar-refractivity contribution < 1.29 is 4.57 Å². The van der Waals surface area contributed by atoms with Gasteiger partial charge in [0.2, 0.25) is 6.33 Å². The van der Waals surface area contributed by atoms with E-state index in [0.29, 0.717) is 0 Å². The molecule has 0 amide bonds. The molecule has 0 bridgehead atoms. The average molecular weight is 202 g/mol. The summed E-state index contributed by atoms with van der Waals surface area (Å²) in [6, 6.07) is 10.4. The van der Waals surface area contributed by atoms with Crippen molar-refractivity contribution in [1.82, 2.24) is 9.78 Å². The highest BCUT2D eigenvalue weighted by molar-refractivity contribution is 5.13. The molecule has 0 saturated heterocycles. The van der Waals surface area contributed by atoms with Crippen molar-refractivity contribution in [2.45, 2.75) is 26.4 Å². The van der Waals surface area contributed by atoms with Crippen LogP contribution in [0.25, 0.3) is 0 Å². The fraction of sp³-hybridized carbons (Fsp3) is 0.333. The first kappa shape index (κ1) is 9.90. The SMILES string of the molecule is CCCn1c[n+](Cc2ccccc2)cn1. The van der Waals surface area contributed by atoms with E-state index in [0.717, 1.165) is 19.5 Å². The van der Waals surface area contributed by atoms with Crippen molar-refractivity contribution in [2.75, 3.05) is 0 Å². The Kier molecular flexibility index (Phi) is 3.12. The van der Waals surface area contributed by atoms with Crippen LogP contribution in [0.3, 0.4) is 0 Å². The molecule has 2 rings (SSSR count). The highest BCUT2D eigenvalue weighted by Crippen LogP contribution is 1.96. The Labute approximate surface area is 90.0 Å². The molecule has 0 aliphatic carbocycles. The zero-order chi connectivity index (χ0) is 10.5. The molecule has 0 aliphatic rings. The minimum Gasteiger partial charge on any atom is -0.233 e. The van der Waals surface area contributed by atoms with Crippen LogP contribution in [-0.2, 0) is 13.1 Å². The van der Waals surface area contributed by atoms with Crippen molar-refractivity contribution in [2.24, 2.45) is 0 Å². The topological polar surface area (TPSA) is 21.7 Å². The third-order valence-electron chi connectivity index (χ3n) is 2.29. The number of nitrogens with zero attached hydrogens (tertiary/aromatic N) is 3. The van der Waals surface area contributed by atoms with Gasteiger partial charge in [0.05, 0.1) is 6.54 Å². The van der Waals surface area contributed by atoms with Crippen LogP contribution in [0.4, 0.5) is 0 Å². The molecular weight excluding hydrogens is 186 g/mol. The second kappa shape index (κ2) is 4.73. The quantitative estimate of drug-likeness (QED) is 0.691. The summed E-state index contributed by atoms with van der Waals surface area (Å²) in [5.41, 5.74) is 1.30. The molecule has 0 aliphatic heterocycles. The van der Waals surface area contributed by atoms with Crippen LogP contribution >= 0.6 is 0 Å². The van der Waals surface area contributed by atoms with Gasteiger partial charge in [0.1, 0.15) is 6.54 Å². The summed E-state index contributed by atoms with van der Waals surface area (Å²) in [6.45, 7) is 4.04. The lowest BCUT2D eigenvalue weighted by Crippen LogP contribution is -2.31. The van der Waals surface area contributed by atoms with Gasteiger partial charge in [0, 0.05) is 5.10 Å². The first-order valence-electron chi connectivity index (χ1n) is 5.34. The zero-order valence-corrected chi connectivity index (χ0v) is 9.00. The van der Waals surface area contributed by atoms with Gasteiger partial charge in [-0.25, -0.2) is 4.57 Å². The Bertz CT molecular complexity index is 406. The molecule has 0 N–H and O–H groups in total. The lowest BCUT2D eigenvalue weighted by molar-refractivity contribution is -0.689. The summed E-state index contributed by atoms with van der Waals surface area (Å²) >= 11 is 0. The molecule has 3 heteroatoms. The molecule has 0 atom stereocenters. The number of hydrogen-bond acceptors (Lipinski definition) is 1. The van der Waals surface area contributed by atoms with Gasteiger partial charge in [0.25, 0.3) is 6.33 Å². The van der Waals surface area contributed by atoms with Gasteiger partial charge >= 0.3 is 0 Å². The van der Waals surface area contributed by atoms with Crippen LogP contribution in [0, 0.1) is 0 Å². The van der Waals surface area contributed by atoms with Crippen molar-refractivity contribution in [3.8, 4) is 0 Å². The average Bonchev–Trinajstić information content (AvgIpc) is 2.68. The second-order valence-corrected chi connectivity index (χ2v) is 3.67. The minimum atomic E-state index is 0.893. The van der Waals surface area contributed by atoms with Crippen LogP contribution < -0.4 is 4.57 Å². The number of aromatic nitrogens is 3. The largest absolute Gasteiger partial charge is 0.265 e. The maximum Gasteiger partial charge on any atom is 0.265 e. The van der Waals surface area contributed by atoms with Gasteiger partial charge in [-0.2, -0.15) is 0 Å². The summed E-state index contributed by atoms with van der Waals surface area (Å²) in [5.74, 6) is 0. The zero-order valence-electron chi connectivity index (χ0n) is 9.00. The maximum atomic E-state index is 4.28. The number of aryl methyl sites for hydroxylation is 1. The number of hydrogen-bond donors (Lipinski definition) is 0. The predicted molar refractivity (Wildman–Crippen MR) is 58.3 cm³/mol. The minimum absolute atomic E-state index is 0.893. The number of benzene rings is 1. The molecule has 0 fully saturated rings. The van der Waals surface area contributed by atoms with Crippen molar-refractivity contribution in [1.29, 1.82) is 0 Å². The van der Waals surface area contributed by atoms with Crippen LogP contribution in [0.2, 0.25) is 0 Å². The van der Waals surface area contributed by atoms with E-state index in [4.69, 9.17) is 0 Å². The molecule has 1 heterocycles. The Morgan fingerprint density at radius 1 is 1.27 bits per heavy atom. The van der Waals surface area contributed by atoms with Crippen LogP contribution in [-0.4, -0.2) is 9.78 Å². The molecule has 0 radical (unpaired) electrons. The van der Waals surface area contributed by atoms with E-state index in [2.05, 4.69) is 47.2 Å². The summed E-state index contributed by atoms with van der Waals surface area (Å²) < 4.78 is 4.08. The summed E-state index contributed by atoms with van der Waals surface area (Å²) in [4.78, 5) is 0. The Hall–Kier alpha value is -1.64. The summed E-state index contributed by atoms with van der Waals surface area (Å²) in [5, 5.41) is 4.28. The Morgan fingerprint density at radius 3 is 2.80 bits per heavy atom. The van der Waals surface area contributed by atoms with Gasteiger partial charge < -0.3 is 0 Å². The molecule has 1 aromatic carbocycles. The first-order chi connectivity index (χ1) is 7.38. The maximum absolute atomic E-state index is 4.28. The molecule has 78 valence electrons. The van der Waals surface area contributed by atoms with Gasteiger partial charge in [0.15, 0.2) is 0 Å². The third kappa shape index (κ3) is 2.65. The van der Waals surface area contributed by atoms with Gasteiger partial charge in [-0.15, -0.1) is 4.68 Å². The van der Waals surface area contributed by atoms with Crippen LogP contribution in [0.1, 0.15) is 18.9 Å². The molecule has 2 aromatic rings. The number of rotatable bonds is 4. The molecule has 15 heavy (non-hydrogen) atoms. The normalized spacial score (nSPS) is 10.5. The highest BCUT2D eigenvalue weighted by Gasteiger charge is 2.04. The van der Waals surface area contributed by atoms with Crippen LogP contribution in [0.5, 0.6) is 0 Å². The Morgan fingerprint density at radius 2 is 2.07 bits per heavy atom. The van der Waals surface area contributed by atoms with E-state index in [1.807, 2.05) is 17.1 Å². The van der Waals surface area contributed by atoms with Crippen molar-refractivity contribution >= 4 is 0 Å². The lowest BCUT2D eigenvalue weighted by atomic mass is 10.2. The monoisotopic (exact) mass is 202 g/mol. The van der Waals surface area contributed by atoms with Crippen molar-refractivity contribution in [3.05, 3.63) is 48.5 Å². The molecule has 0 unspecified atom stereocenters. The smallest absolute Gasteiger partial charge is 0.233 e. The highest BCUT2D eigenvalue weighted by atomic mass is 15.3. The molecular formula is C12H16N3+. The second-order valence-electron chi connectivity index (χ2n) is 3.67. The van der Waals surface area contributed by atoms with Crippen molar-refractivity contribution in [3.63, 3.8) is 0 Å². The van der Waals surface area contributed by atoms with E-state index < -0.39 is 0 Å². The van der Waals surface area contributed by atoms with Crippen LogP contribution in [0.15, 0.2) is 43.0 Å². The molecule has 1 aromatic heterocycles. The fourth-order valence-corrected chi connectivity index (χ4v) is 1.58. The van der Waals surface area contributed by atoms with Gasteiger partial charge in [-0.1, -0.05) is 37.3 Å². The first-order valence-corrected chi connectivity index (χ1v) is 5.34. The molecule has 0 spiro atoms. The van der Waals surface area contributed by atoms with E-state index in [9.17, 15) is 0 Å². The Balaban J connectivity index is 2.05. The van der Waals surface area contributed by atoms with Gasteiger partial charge in [-0.05, 0) is 12.0 Å².